The van der Waals surface area contributed by atoms with Gasteiger partial charge in [0.2, 0.25) is 47.3 Å². The number of nitrogens with zero attached hydrogens (tertiary/aromatic N) is 1. The molecule has 3 rings (SSSR count). The monoisotopic (exact) mass is 744 g/mol. The molecule has 16 nitrogen and oxygen atoms in total. The van der Waals surface area contributed by atoms with Crippen LogP contribution < -0.4 is 37.6 Å². The SMILES string of the molecule is CC[C@H](C)[C@@H]1NC(=O)[C@H](C)NC(=O)[C@H](CCSC)NC(=O)[C@H](C)NC(=O)[C@H](CC(N)=O)NC(=O)[C@H](Cc2ccccc2)NC(=O)[C@@H]2CCCN2C1=O. The highest BCUT2D eigenvalue weighted by Gasteiger charge is 2.41. The average Bonchev–Trinajstić information content (AvgIpc) is 3.61. The van der Waals surface area contributed by atoms with E-state index in [1.165, 1.54) is 30.5 Å². The molecule has 8 atom stereocenters. The van der Waals surface area contributed by atoms with Gasteiger partial charge in [0.1, 0.15) is 42.3 Å². The summed E-state index contributed by atoms with van der Waals surface area (Å²) in [5, 5.41) is 15.7. The number of carbonyl (C=O) groups is 8. The van der Waals surface area contributed by atoms with Crippen molar-refractivity contribution in [3.8, 4) is 0 Å². The fraction of sp³-hybridized carbons (Fsp3) is 0.600. The quantitative estimate of drug-likeness (QED) is 0.162. The van der Waals surface area contributed by atoms with Crippen LogP contribution in [0.2, 0.25) is 0 Å². The van der Waals surface area contributed by atoms with E-state index in [0.29, 0.717) is 30.6 Å². The second kappa shape index (κ2) is 19.8. The largest absolute Gasteiger partial charge is 0.370 e. The van der Waals surface area contributed by atoms with Crippen LogP contribution in [0.1, 0.15) is 65.4 Å². The maximum absolute atomic E-state index is 14.1. The first kappa shape index (κ1) is 41.7. The molecule has 2 aliphatic heterocycles. The number of hydrogen-bond donors (Lipinski definition) is 7. The van der Waals surface area contributed by atoms with Crippen LogP contribution in [0.4, 0.5) is 0 Å². The molecule has 0 unspecified atom stereocenters. The molecule has 0 aromatic heterocycles. The fourth-order valence-electron chi connectivity index (χ4n) is 6.01. The predicted molar refractivity (Wildman–Crippen MR) is 194 cm³/mol. The lowest BCUT2D eigenvalue weighted by atomic mass is 9.96. The fourth-order valence-corrected chi connectivity index (χ4v) is 6.48. The molecular weight excluding hydrogens is 692 g/mol. The van der Waals surface area contributed by atoms with Crippen LogP contribution in [0.15, 0.2) is 30.3 Å². The Morgan fingerprint density at radius 3 is 1.96 bits per heavy atom. The smallest absolute Gasteiger partial charge is 0.246 e. The zero-order valence-electron chi connectivity index (χ0n) is 30.4. The molecule has 2 heterocycles. The highest BCUT2D eigenvalue weighted by Crippen LogP contribution is 2.22. The van der Waals surface area contributed by atoms with Crippen LogP contribution in [-0.2, 0) is 44.8 Å². The summed E-state index contributed by atoms with van der Waals surface area (Å²) in [7, 11) is 0. The molecule has 52 heavy (non-hydrogen) atoms. The van der Waals surface area contributed by atoms with Crippen molar-refractivity contribution >= 4 is 59.0 Å². The maximum Gasteiger partial charge on any atom is 0.246 e. The Balaban J connectivity index is 2.05. The third kappa shape index (κ3) is 11.7. The van der Waals surface area contributed by atoms with Crippen LogP contribution in [0.3, 0.4) is 0 Å². The van der Waals surface area contributed by atoms with Gasteiger partial charge in [-0.2, -0.15) is 11.8 Å². The van der Waals surface area contributed by atoms with Gasteiger partial charge < -0.3 is 42.5 Å². The average molecular weight is 745 g/mol. The van der Waals surface area contributed by atoms with Gasteiger partial charge in [0, 0.05) is 13.0 Å². The summed E-state index contributed by atoms with van der Waals surface area (Å²) < 4.78 is 0. The predicted octanol–water partition coefficient (Wildman–Crippen LogP) is -1.14. The lowest BCUT2D eigenvalue weighted by Crippen LogP contribution is -2.60. The maximum atomic E-state index is 14.1. The Morgan fingerprint density at radius 2 is 1.37 bits per heavy atom. The van der Waals surface area contributed by atoms with Crippen molar-refractivity contribution in [3.05, 3.63) is 35.9 Å². The number of amides is 8. The van der Waals surface area contributed by atoms with Crippen molar-refractivity contribution in [2.45, 2.75) is 109 Å². The second-order valence-electron chi connectivity index (χ2n) is 13.3. The third-order valence-electron chi connectivity index (χ3n) is 9.32. The molecule has 1 aromatic carbocycles. The van der Waals surface area contributed by atoms with E-state index < -0.39 is 96.0 Å². The van der Waals surface area contributed by atoms with Crippen LogP contribution in [0.25, 0.3) is 0 Å². The minimum Gasteiger partial charge on any atom is -0.370 e. The van der Waals surface area contributed by atoms with Gasteiger partial charge in [-0.1, -0.05) is 50.6 Å². The Labute approximate surface area is 308 Å². The molecule has 0 spiro atoms. The van der Waals surface area contributed by atoms with Crippen molar-refractivity contribution < 1.29 is 38.4 Å². The summed E-state index contributed by atoms with van der Waals surface area (Å²) in [6, 6.07) is 0.650. The lowest BCUT2D eigenvalue weighted by molar-refractivity contribution is -0.143. The van der Waals surface area contributed by atoms with Crippen molar-refractivity contribution in [2.24, 2.45) is 11.7 Å². The summed E-state index contributed by atoms with van der Waals surface area (Å²) >= 11 is 1.44. The molecule has 2 fully saturated rings. The van der Waals surface area contributed by atoms with E-state index in [0.717, 1.165) is 0 Å². The summed E-state index contributed by atoms with van der Waals surface area (Å²) in [5.74, 6) is -5.59. The molecule has 1 aromatic rings. The first-order chi connectivity index (χ1) is 24.7. The van der Waals surface area contributed by atoms with Crippen LogP contribution in [-0.4, -0.2) is 113 Å². The van der Waals surface area contributed by atoms with Gasteiger partial charge in [-0.15, -0.1) is 0 Å². The van der Waals surface area contributed by atoms with Crippen LogP contribution in [0.5, 0.6) is 0 Å². The molecule has 2 saturated heterocycles. The molecule has 0 saturated carbocycles. The topological polar surface area (TPSA) is 238 Å². The van der Waals surface area contributed by atoms with Gasteiger partial charge in [0.05, 0.1) is 6.42 Å². The molecule has 286 valence electrons. The standard InChI is InChI=1S/C35H52N8O8S/c1-6-19(2)28-35(51)43-15-10-13-26(43)34(50)41-24(17-22-11-8-7-9-12-22)33(49)40-25(18-27(36)44)32(48)38-20(3)29(45)39-23(14-16-52-5)31(47)37-21(4)30(46)42-28/h7-9,11-12,19-21,23-26,28H,6,10,13-18H2,1-5H3,(H2,36,44)(H,37,47)(H,38,48)(H,39,45)(H,40,49)(H,41,50)(H,42,46)/t19-,20-,21-,23-,24-,25-,26-,28-/m0/s1. The van der Waals surface area contributed by atoms with E-state index in [-0.39, 0.29) is 25.3 Å². The van der Waals surface area contributed by atoms with E-state index in [9.17, 15) is 38.4 Å². The van der Waals surface area contributed by atoms with Crippen LogP contribution >= 0.6 is 11.8 Å². The molecule has 0 radical (unpaired) electrons. The molecule has 8 amide bonds. The van der Waals surface area contributed by atoms with Crippen molar-refractivity contribution in [1.82, 2.24) is 36.8 Å². The van der Waals surface area contributed by atoms with Crippen molar-refractivity contribution in [2.75, 3.05) is 18.6 Å². The summed E-state index contributed by atoms with van der Waals surface area (Å²) in [4.78, 5) is 109. The number of rotatable bonds is 9. The highest BCUT2D eigenvalue weighted by atomic mass is 32.2. The van der Waals surface area contributed by atoms with Crippen LogP contribution in [0, 0.1) is 5.92 Å². The first-order valence-electron chi connectivity index (χ1n) is 17.6. The van der Waals surface area contributed by atoms with E-state index in [4.69, 9.17) is 5.73 Å². The lowest BCUT2D eigenvalue weighted by Gasteiger charge is -2.32. The zero-order valence-corrected chi connectivity index (χ0v) is 31.2. The number of primary amides is 1. The summed E-state index contributed by atoms with van der Waals surface area (Å²) in [5.41, 5.74) is 6.11. The van der Waals surface area contributed by atoms with Crippen molar-refractivity contribution in [3.63, 3.8) is 0 Å². The van der Waals surface area contributed by atoms with E-state index >= 15 is 0 Å². The molecule has 2 aliphatic rings. The number of nitrogens with two attached hydrogens (primary N) is 1. The Hall–Kier alpha value is -4.67. The Bertz CT molecular complexity index is 1480. The third-order valence-corrected chi connectivity index (χ3v) is 9.96. The molecule has 0 bridgehead atoms. The molecular formula is C35H52N8O8S. The second-order valence-corrected chi connectivity index (χ2v) is 14.3. The Kier molecular flexibility index (Phi) is 15.9. The van der Waals surface area contributed by atoms with Gasteiger partial charge in [-0.05, 0) is 56.6 Å². The zero-order chi connectivity index (χ0) is 38.5. The van der Waals surface area contributed by atoms with Gasteiger partial charge in [0.25, 0.3) is 0 Å². The van der Waals surface area contributed by atoms with E-state index in [2.05, 4.69) is 31.9 Å². The molecule has 8 N–H and O–H groups in total. The number of hydrogen-bond acceptors (Lipinski definition) is 9. The first-order valence-corrected chi connectivity index (χ1v) is 19.0. The van der Waals surface area contributed by atoms with E-state index in [1.54, 1.807) is 37.3 Å². The van der Waals surface area contributed by atoms with Gasteiger partial charge >= 0.3 is 0 Å². The number of carbonyl (C=O) groups excluding carboxylic acids is 8. The normalized spacial score (nSPS) is 27.8. The van der Waals surface area contributed by atoms with Gasteiger partial charge in [-0.3, -0.25) is 38.4 Å². The number of thioether (sulfide) groups is 1. The van der Waals surface area contributed by atoms with E-state index in [1.807, 2.05) is 13.2 Å². The number of benzene rings is 1. The number of nitrogens with one attached hydrogen (secondary N) is 6. The minimum atomic E-state index is -1.51. The number of fused-ring (bicyclic) bond motifs is 1. The Morgan fingerprint density at radius 1 is 0.808 bits per heavy atom. The molecule has 17 heteroatoms. The highest BCUT2D eigenvalue weighted by molar-refractivity contribution is 7.98. The van der Waals surface area contributed by atoms with Crippen molar-refractivity contribution in [1.29, 1.82) is 0 Å². The molecule has 0 aliphatic carbocycles. The summed E-state index contributed by atoms with van der Waals surface area (Å²) in [6.07, 6.45) is 2.72. The van der Waals surface area contributed by atoms with Gasteiger partial charge in [-0.25, -0.2) is 0 Å². The summed E-state index contributed by atoms with van der Waals surface area (Å²) in [6.45, 7) is 6.71. The minimum absolute atomic E-state index is 0.00466. The van der Waals surface area contributed by atoms with Gasteiger partial charge in [0.15, 0.2) is 0 Å².